The van der Waals surface area contributed by atoms with Crippen LogP contribution in [0.4, 0.5) is 37.7 Å². The zero-order valence-corrected chi connectivity index (χ0v) is 33.4. The molecule has 0 saturated heterocycles. The minimum atomic E-state index is -5.90. The Morgan fingerprint density at radius 2 is 0.810 bits per heavy atom. The van der Waals surface area contributed by atoms with E-state index in [-0.39, 0.29) is 49.5 Å². The van der Waals surface area contributed by atoms with E-state index in [4.69, 9.17) is 30.4 Å². The van der Waals surface area contributed by atoms with Crippen molar-refractivity contribution < 1.29 is 54.9 Å². The highest BCUT2D eigenvalue weighted by atomic mass is 19.4. The SMILES string of the molecule is Nc1cc(C(c2ccc(OCCOc3ccc(/C=C/C(=O)c4ccccc4)cc3)c(N)c2)(C(F)(F)F)C(F)(F)F)ccc1OCCOc1ccc(/C=C/C(=O)c2ccccc2)cc1. The van der Waals surface area contributed by atoms with Crippen LogP contribution in [0.2, 0.25) is 0 Å². The van der Waals surface area contributed by atoms with Crippen LogP contribution in [-0.2, 0) is 5.41 Å². The summed E-state index contributed by atoms with van der Waals surface area (Å²) in [7, 11) is 0. The van der Waals surface area contributed by atoms with Gasteiger partial charge >= 0.3 is 12.4 Å². The molecule has 4 N–H and O–H groups in total. The Balaban J connectivity index is 1.05. The molecule has 0 fully saturated rings. The van der Waals surface area contributed by atoms with Crippen LogP contribution in [0.5, 0.6) is 23.0 Å². The summed E-state index contributed by atoms with van der Waals surface area (Å²) >= 11 is 0. The Morgan fingerprint density at radius 3 is 1.14 bits per heavy atom. The van der Waals surface area contributed by atoms with E-state index in [9.17, 15) is 35.9 Å². The molecule has 0 aliphatic rings. The number of nitrogen functional groups attached to an aromatic ring is 2. The highest BCUT2D eigenvalue weighted by Gasteiger charge is 2.72. The molecular weight excluding hydrogens is 827 g/mol. The molecule has 0 heterocycles. The number of hydrogen-bond acceptors (Lipinski definition) is 8. The van der Waals surface area contributed by atoms with E-state index in [1.54, 1.807) is 109 Å². The van der Waals surface area contributed by atoms with Crippen molar-refractivity contribution in [2.24, 2.45) is 0 Å². The first-order chi connectivity index (χ1) is 30.2. The quantitative estimate of drug-likeness (QED) is 0.0288. The molecule has 0 aliphatic heterocycles. The maximum absolute atomic E-state index is 14.9. The fraction of sp³-hybridized carbons (Fsp3) is 0.143. The number of carbonyl (C=O) groups is 2. The van der Waals surface area contributed by atoms with Crippen LogP contribution in [0.3, 0.4) is 0 Å². The average molecular weight is 867 g/mol. The van der Waals surface area contributed by atoms with Crippen molar-refractivity contribution in [3.05, 3.63) is 191 Å². The predicted octanol–water partition coefficient (Wildman–Crippen LogP) is 11.0. The zero-order valence-electron chi connectivity index (χ0n) is 33.4. The van der Waals surface area contributed by atoms with Gasteiger partial charge in [-0.3, -0.25) is 9.59 Å². The molecule has 324 valence electrons. The third-order valence-corrected chi connectivity index (χ3v) is 9.69. The standard InChI is InChI=1S/C49H40F6N2O6/c50-48(51,52)47(49(53,54)55,37-17-25-45(41(56)31-37)62-29-27-60-39-19-11-33(12-20-39)15-23-43(58)35-7-3-1-4-8-35)38-18-26-46(42(57)32-38)63-30-28-61-40-21-13-34(14-22-40)16-24-44(59)36-9-5-2-6-10-36/h1-26,31-32H,27-30,56-57H2/b23-15+,24-16+. The summed E-state index contributed by atoms with van der Waals surface area (Å²) in [6, 6.07) is 35.4. The number of anilines is 2. The van der Waals surface area contributed by atoms with Gasteiger partial charge in [-0.25, -0.2) is 0 Å². The van der Waals surface area contributed by atoms with Crippen LogP contribution in [0, 0.1) is 0 Å². The van der Waals surface area contributed by atoms with E-state index in [0.717, 1.165) is 23.3 Å². The van der Waals surface area contributed by atoms with Crippen molar-refractivity contribution in [2.75, 3.05) is 37.9 Å². The molecule has 6 aromatic carbocycles. The second-order valence-electron chi connectivity index (χ2n) is 13.9. The summed E-state index contributed by atoms with van der Waals surface area (Å²) in [6.07, 6.45) is -5.60. The second-order valence-corrected chi connectivity index (χ2v) is 13.9. The van der Waals surface area contributed by atoms with E-state index in [2.05, 4.69) is 0 Å². The topological polar surface area (TPSA) is 123 Å². The first-order valence-electron chi connectivity index (χ1n) is 19.4. The molecule has 0 bridgehead atoms. The molecule has 8 nitrogen and oxygen atoms in total. The molecule has 0 spiro atoms. The number of rotatable bonds is 18. The molecule has 63 heavy (non-hydrogen) atoms. The molecule has 0 unspecified atom stereocenters. The maximum Gasteiger partial charge on any atom is 0.411 e. The van der Waals surface area contributed by atoms with E-state index < -0.39 is 40.3 Å². The fourth-order valence-corrected chi connectivity index (χ4v) is 6.52. The van der Waals surface area contributed by atoms with Crippen LogP contribution >= 0.6 is 0 Å². The molecule has 6 aromatic rings. The number of nitrogens with two attached hydrogens (primary N) is 2. The van der Waals surface area contributed by atoms with E-state index >= 15 is 0 Å². The molecule has 6 rings (SSSR count). The van der Waals surface area contributed by atoms with Crippen molar-refractivity contribution in [1.82, 2.24) is 0 Å². The third-order valence-electron chi connectivity index (χ3n) is 9.69. The van der Waals surface area contributed by atoms with Gasteiger partial charge in [0.05, 0.1) is 11.4 Å². The van der Waals surface area contributed by atoms with Gasteiger partial charge in [-0.1, -0.05) is 109 Å². The second kappa shape index (κ2) is 19.9. The van der Waals surface area contributed by atoms with Crippen molar-refractivity contribution in [1.29, 1.82) is 0 Å². The van der Waals surface area contributed by atoms with Crippen LogP contribution in [-0.4, -0.2) is 50.3 Å². The normalized spacial score (nSPS) is 12.0. The van der Waals surface area contributed by atoms with Crippen LogP contribution in [0.25, 0.3) is 12.2 Å². The Hall–Kier alpha value is -7.48. The van der Waals surface area contributed by atoms with Gasteiger partial charge in [0.15, 0.2) is 11.6 Å². The Morgan fingerprint density at radius 1 is 0.460 bits per heavy atom. The number of allylic oxidation sites excluding steroid dienone is 2. The smallest absolute Gasteiger partial charge is 0.411 e. The van der Waals surface area contributed by atoms with Gasteiger partial charge in [-0.05, 0) is 82.9 Å². The monoisotopic (exact) mass is 866 g/mol. The molecule has 0 saturated carbocycles. The number of ketones is 2. The number of benzene rings is 6. The molecular formula is C49H40F6N2O6. The fourth-order valence-electron chi connectivity index (χ4n) is 6.52. The molecule has 0 aliphatic carbocycles. The van der Waals surface area contributed by atoms with Crippen molar-refractivity contribution in [2.45, 2.75) is 17.8 Å². The van der Waals surface area contributed by atoms with Gasteiger partial charge in [0.2, 0.25) is 5.41 Å². The predicted molar refractivity (Wildman–Crippen MR) is 229 cm³/mol. The molecule has 0 radical (unpaired) electrons. The number of halogens is 6. The highest BCUT2D eigenvalue weighted by Crippen LogP contribution is 2.57. The minimum absolute atomic E-state index is 0.0391. The lowest BCUT2D eigenvalue weighted by Gasteiger charge is -2.38. The van der Waals surface area contributed by atoms with Gasteiger partial charge in [0.25, 0.3) is 0 Å². The zero-order chi connectivity index (χ0) is 45.0. The number of ether oxygens (including phenoxy) is 4. The van der Waals surface area contributed by atoms with Crippen molar-refractivity contribution in [3.63, 3.8) is 0 Å². The van der Waals surface area contributed by atoms with Gasteiger partial charge in [0.1, 0.15) is 49.4 Å². The van der Waals surface area contributed by atoms with Gasteiger partial charge in [-0.15, -0.1) is 0 Å². The molecule has 0 aromatic heterocycles. The summed E-state index contributed by atoms with van der Waals surface area (Å²) in [4.78, 5) is 24.6. The van der Waals surface area contributed by atoms with Gasteiger partial charge in [-0.2, -0.15) is 26.3 Å². The summed E-state index contributed by atoms with van der Waals surface area (Å²) in [5, 5.41) is 0. The van der Waals surface area contributed by atoms with E-state index in [1.165, 1.54) is 12.2 Å². The minimum Gasteiger partial charge on any atom is -0.490 e. The summed E-state index contributed by atoms with van der Waals surface area (Å²) < 4.78 is 112. The lowest BCUT2D eigenvalue weighted by Crippen LogP contribution is -2.54. The average Bonchev–Trinajstić information content (AvgIpc) is 3.26. The molecule has 0 atom stereocenters. The van der Waals surface area contributed by atoms with E-state index in [0.29, 0.717) is 46.9 Å². The number of carbonyl (C=O) groups excluding carboxylic acids is 2. The molecule has 14 heteroatoms. The highest BCUT2D eigenvalue weighted by molar-refractivity contribution is 6.07. The summed E-state index contributed by atoms with van der Waals surface area (Å²) in [5.74, 6) is 0.273. The Kier molecular flexibility index (Phi) is 14.3. The Bertz CT molecular complexity index is 2360. The number of alkyl halides is 6. The number of hydrogen-bond donors (Lipinski definition) is 2. The van der Waals surface area contributed by atoms with Gasteiger partial charge in [0, 0.05) is 11.1 Å². The first kappa shape index (κ1) is 45.1. The van der Waals surface area contributed by atoms with E-state index in [1.807, 2.05) is 12.1 Å². The third kappa shape index (κ3) is 11.1. The first-order valence-corrected chi connectivity index (χ1v) is 19.4. The Labute approximate surface area is 359 Å². The van der Waals surface area contributed by atoms with Crippen LogP contribution in [0.15, 0.2) is 158 Å². The van der Waals surface area contributed by atoms with Crippen molar-refractivity contribution >= 4 is 35.1 Å². The summed E-state index contributed by atoms with van der Waals surface area (Å²) in [5.41, 5.74) is 6.70. The van der Waals surface area contributed by atoms with Crippen molar-refractivity contribution in [3.8, 4) is 23.0 Å². The largest absolute Gasteiger partial charge is 0.490 e. The maximum atomic E-state index is 14.9. The summed E-state index contributed by atoms with van der Waals surface area (Å²) in [6.45, 7) is -0.372. The lowest BCUT2D eigenvalue weighted by molar-refractivity contribution is -0.288. The molecule has 0 amide bonds. The lowest BCUT2D eigenvalue weighted by atomic mass is 9.72. The van der Waals surface area contributed by atoms with Gasteiger partial charge < -0.3 is 30.4 Å². The van der Waals surface area contributed by atoms with Crippen LogP contribution < -0.4 is 30.4 Å². The van der Waals surface area contributed by atoms with Crippen LogP contribution in [0.1, 0.15) is 43.0 Å².